The molecule has 1 heterocycles. The van der Waals surface area contributed by atoms with Crippen LogP contribution in [0.25, 0.3) is 6.08 Å². The van der Waals surface area contributed by atoms with E-state index in [1.165, 1.54) is 12.1 Å². The lowest BCUT2D eigenvalue weighted by Gasteiger charge is -2.12. The van der Waals surface area contributed by atoms with E-state index in [0.29, 0.717) is 35.1 Å². The third-order valence-electron chi connectivity index (χ3n) is 5.41. The highest BCUT2D eigenvalue weighted by Crippen LogP contribution is 2.32. The van der Waals surface area contributed by atoms with E-state index in [0.717, 1.165) is 18.6 Å². The summed E-state index contributed by atoms with van der Waals surface area (Å²) < 4.78 is 22.2. The van der Waals surface area contributed by atoms with Gasteiger partial charge in [0.1, 0.15) is 5.75 Å². The van der Waals surface area contributed by atoms with E-state index >= 15 is 0 Å². The van der Waals surface area contributed by atoms with E-state index in [1.807, 2.05) is 12.1 Å². The van der Waals surface area contributed by atoms with E-state index in [4.69, 9.17) is 42.1 Å². The Kier molecular flexibility index (Phi) is 9.05. The van der Waals surface area contributed by atoms with E-state index < -0.39 is 11.9 Å². The largest absolute Gasteiger partial charge is 0.494 e. The van der Waals surface area contributed by atoms with Crippen LogP contribution in [0.1, 0.15) is 48.2 Å². The van der Waals surface area contributed by atoms with Gasteiger partial charge in [0.15, 0.2) is 17.2 Å². The van der Waals surface area contributed by atoms with E-state index in [1.54, 1.807) is 49.4 Å². The fraction of sp³-hybridized carbons (Fsp3) is 0.207. The lowest BCUT2D eigenvalue weighted by atomic mass is 10.1. The number of nitrogens with zero attached hydrogens (tertiary/aromatic N) is 1. The molecule has 0 unspecified atom stereocenters. The monoisotopic (exact) mass is 553 g/mol. The first-order valence-corrected chi connectivity index (χ1v) is 12.8. The second-order valence-corrected chi connectivity index (χ2v) is 9.06. The summed E-state index contributed by atoms with van der Waals surface area (Å²) in [6.45, 7) is 4.88. The summed E-state index contributed by atoms with van der Waals surface area (Å²) in [6.07, 6.45) is 3.60. The van der Waals surface area contributed by atoms with Gasteiger partial charge in [-0.1, -0.05) is 42.6 Å². The molecule has 1 aliphatic heterocycles. The van der Waals surface area contributed by atoms with Gasteiger partial charge in [-0.25, -0.2) is 14.6 Å². The minimum Gasteiger partial charge on any atom is -0.494 e. The van der Waals surface area contributed by atoms with Crippen LogP contribution < -0.4 is 14.2 Å². The summed E-state index contributed by atoms with van der Waals surface area (Å²) in [5.41, 5.74) is 1.56. The molecule has 196 valence electrons. The van der Waals surface area contributed by atoms with Crippen LogP contribution >= 0.6 is 23.2 Å². The van der Waals surface area contributed by atoms with Crippen molar-refractivity contribution in [3.63, 3.8) is 0 Å². The van der Waals surface area contributed by atoms with Crippen LogP contribution in [0.15, 0.2) is 71.4 Å². The summed E-state index contributed by atoms with van der Waals surface area (Å²) in [5, 5.41) is 0.581. The van der Waals surface area contributed by atoms with Gasteiger partial charge in [0.25, 0.3) is 0 Å². The van der Waals surface area contributed by atoms with Crippen molar-refractivity contribution in [2.75, 3.05) is 13.2 Å². The average Bonchev–Trinajstić information content (AvgIpc) is 3.26. The molecule has 9 heteroatoms. The number of rotatable bonds is 10. The second-order valence-electron chi connectivity index (χ2n) is 8.22. The van der Waals surface area contributed by atoms with E-state index in [-0.39, 0.29) is 27.9 Å². The first-order valence-electron chi connectivity index (χ1n) is 12.1. The quantitative estimate of drug-likeness (QED) is 0.115. The van der Waals surface area contributed by atoms with Crippen LogP contribution in [0.5, 0.6) is 17.2 Å². The molecule has 7 nitrogen and oxygen atoms in total. The molecule has 3 aromatic carbocycles. The molecule has 1 aliphatic rings. The standard InChI is InChI=1S/C29H25Cl2NO6/c1-3-5-14-36-21-10-7-19(8-11-21)27-32-24(29(34)38-27)15-18-6-13-25(26(16-18)35-4-2)37-28(33)22-12-9-20(30)17-23(22)31/h6-13,15-17H,3-5,14H2,1-2H3/b24-15-. The number of cyclic esters (lactones) is 1. The molecule has 0 spiro atoms. The molecule has 38 heavy (non-hydrogen) atoms. The van der Waals surface area contributed by atoms with Gasteiger partial charge in [-0.3, -0.25) is 0 Å². The van der Waals surface area contributed by atoms with Crippen LogP contribution in [0.3, 0.4) is 0 Å². The van der Waals surface area contributed by atoms with Crippen molar-refractivity contribution < 1.29 is 28.5 Å². The molecule has 0 amide bonds. The predicted molar refractivity (Wildman–Crippen MR) is 146 cm³/mol. The molecule has 4 rings (SSSR count). The molecule has 0 saturated heterocycles. The Morgan fingerprint density at radius 2 is 1.76 bits per heavy atom. The van der Waals surface area contributed by atoms with Crippen molar-refractivity contribution in [1.29, 1.82) is 0 Å². The Morgan fingerprint density at radius 3 is 2.47 bits per heavy atom. The number of benzene rings is 3. The first-order chi connectivity index (χ1) is 18.4. The molecule has 0 aromatic heterocycles. The molecule has 0 N–H and O–H groups in total. The molecule has 0 bridgehead atoms. The normalized spacial score (nSPS) is 13.7. The average molecular weight is 554 g/mol. The van der Waals surface area contributed by atoms with Crippen LogP contribution in [0.2, 0.25) is 10.0 Å². The number of hydrogen-bond acceptors (Lipinski definition) is 7. The van der Waals surface area contributed by atoms with Crippen molar-refractivity contribution in [3.8, 4) is 17.2 Å². The summed E-state index contributed by atoms with van der Waals surface area (Å²) in [5.74, 6) is 0.226. The minimum atomic E-state index is -0.658. The summed E-state index contributed by atoms with van der Waals surface area (Å²) in [6, 6.07) is 16.6. The van der Waals surface area contributed by atoms with Crippen molar-refractivity contribution in [3.05, 3.63) is 93.1 Å². The highest BCUT2D eigenvalue weighted by Gasteiger charge is 2.24. The van der Waals surface area contributed by atoms with E-state index in [2.05, 4.69) is 11.9 Å². The van der Waals surface area contributed by atoms with Crippen molar-refractivity contribution in [2.45, 2.75) is 26.7 Å². The SMILES string of the molecule is CCCCOc1ccc(C2=N/C(=C\c3ccc(OC(=O)c4ccc(Cl)cc4Cl)c(OCC)c3)C(=O)O2)cc1. The maximum atomic E-state index is 12.7. The fourth-order valence-electron chi connectivity index (χ4n) is 3.50. The van der Waals surface area contributed by atoms with Gasteiger partial charge in [0.05, 0.1) is 23.8 Å². The zero-order chi connectivity index (χ0) is 27.1. The number of halogens is 2. The van der Waals surface area contributed by atoms with Crippen LogP contribution in [-0.4, -0.2) is 31.1 Å². The number of carbonyl (C=O) groups is 2. The van der Waals surface area contributed by atoms with Crippen molar-refractivity contribution >= 4 is 47.1 Å². The van der Waals surface area contributed by atoms with Crippen molar-refractivity contribution in [1.82, 2.24) is 0 Å². The Hall–Kier alpha value is -3.81. The van der Waals surface area contributed by atoms with Crippen molar-refractivity contribution in [2.24, 2.45) is 4.99 Å². The number of carbonyl (C=O) groups excluding carboxylic acids is 2. The Labute approximate surface area is 230 Å². The van der Waals surface area contributed by atoms with Gasteiger partial charge in [-0.15, -0.1) is 0 Å². The highest BCUT2D eigenvalue weighted by atomic mass is 35.5. The topological polar surface area (TPSA) is 83.4 Å². The number of unbranched alkanes of at least 4 members (excludes halogenated alkanes) is 1. The van der Waals surface area contributed by atoms with Gasteiger partial charge in [0.2, 0.25) is 5.90 Å². The lowest BCUT2D eigenvalue weighted by molar-refractivity contribution is -0.129. The predicted octanol–water partition coefficient (Wildman–Crippen LogP) is 7.13. The molecular weight excluding hydrogens is 529 g/mol. The molecular formula is C29H25Cl2NO6. The number of hydrogen-bond donors (Lipinski definition) is 0. The molecule has 3 aromatic rings. The van der Waals surface area contributed by atoms with E-state index in [9.17, 15) is 9.59 Å². The number of aliphatic imine (C=N–C) groups is 1. The first kappa shape index (κ1) is 27.2. The summed E-state index contributed by atoms with van der Waals surface area (Å²) >= 11 is 12.0. The lowest BCUT2D eigenvalue weighted by Crippen LogP contribution is -2.10. The van der Waals surface area contributed by atoms with Gasteiger partial charge < -0.3 is 18.9 Å². The molecule has 0 radical (unpaired) electrons. The summed E-state index contributed by atoms with van der Waals surface area (Å²) in [4.78, 5) is 29.5. The zero-order valence-electron chi connectivity index (χ0n) is 20.8. The number of ether oxygens (including phenoxy) is 4. The van der Waals surface area contributed by atoms with Gasteiger partial charge in [0, 0.05) is 10.6 Å². The maximum absolute atomic E-state index is 12.7. The fourth-order valence-corrected chi connectivity index (χ4v) is 3.98. The Morgan fingerprint density at radius 1 is 0.974 bits per heavy atom. The third-order valence-corrected chi connectivity index (χ3v) is 5.96. The molecule has 0 fully saturated rings. The Balaban J connectivity index is 1.52. The van der Waals surface area contributed by atoms with Crippen LogP contribution in [0.4, 0.5) is 0 Å². The zero-order valence-corrected chi connectivity index (χ0v) is 22.3. The Bertz CT molecular complexity index is 1400. The third kappa shape index (κ3) is 6.73. The number of esters is 2. The smallest absolute Gasteiger partial charge is 0.363 e. The van der Waals surface area contributed by atoms with Gasteiger partial charge >= 0.3 is 11.9 Å². The molecule has 0 saturated carbocycles. The minimum absolute atomic E-state index is 0.128. The highest BCUT2D eigenvalue weighted by molar-refractivity contribution is 6.36. The summed E-state index contributed by atoms with van der Waals surface area (Å²) in [7, 11) is 0. The van der Waals surface area contributed by atoms with Crippen LogP contribution in [-0.2, 0) is 9.53 Å². The molecule has 0 aliphatic carbocycles. The van der Waals surface area contributed by atoms with Gasteiger partial charge in [-0.2, -0.15) is 0 Å². The molecule has 0 atom stereocenters. The second kappa shape index (κ2) is 12.6. The van der Waals surface area contributed by atoms with Crippen LogP contribution in [0, 0.1) is 0 Å². The van der Waals surface area contributed by atoms with Gasteiger partial charge in [-0.05, 0) is 79.6 Å². The maximum Gasteiger partial charge on any atom is 0.363 e.